The van der Waals surface area contributed by atoms with Crippen molar-refractivity contribution in [2.45, 2.75) is 57.5 Å². The highest BCUT2D eigenvalue weighted by molar-refractivity contribution is 5.22. The van der Waals surface area contributed by atoms with Crippen LogP contribution in [0.15, 0.2) is 24.3 Å². The van der Waals surface area contributed by atoms with Crippen LogP contribution in [0.4, 0.5) is 0 Å². The lowest BCUT2D eigenvalue weighted by molar-refractivity contribution is 0.255. The number of aliphatic hydroxyl groups excluding tert-OH is 1. The topological polar surface area (TPSA) is 35.5 Å². The normalized spacial score (nSPS) is 27.9. The van der Waals surface area contributed by atoms with Crippen molar-refractivity contribution in [2.24, 2.45) is 0 Å². The molecule has 2 aliphatic rings. The van der Waals surface area contributed by atoms with Gasteiger partial charge >= 0.3 is 0 Å². The third kappa shape index (κ3) is 3.16. The van der Waals surface area contributed by atoms with Crippen LogP contribution in [0.2, 0.25) is 0 Å². The second-order valence-electron chi connectivity index (χ2n) is 6.07. The van der Waals surface area contributed by atoms with Crippen molar-refractivity contribution in [3.8, 4) is 0 Å². The van der Waals surface area contributed by atoms with Gasteiger partial charge in [0.25, 0.3) is 0 Å². The highest BCUT2D eigenvalue weighted by Gasteiger charge is 2.38. The van der Waals surface area contributed by atoms with Crippen LogP contribution in [0.25, 0.3) is 0 Å². The lowest BCUT2D eigenvalue weighted by Crippen LogP contribution is -2.33. The van der Waals surface area contributed by atoms with E-state index in [9.17, 15) is 0 Å². The molecule has 2 fully saturated rings. The van der Waals surface area contributed by atoms with E-state index in [-0.39, 0.29) is 6.61 Å². The molecule has 3 heteroatoms. The molecule has 1 heterocycles. The average Bonchev–Trinajstić information content (AvgIpc) is 3.20. The van der Waals surface area contributed by atoms with Gasteiger partial charge in [0.05, 0.1) is 6.61 Å². The molecular formula is C16H24N2O. The first kappa shape index (κ1) is 13.1. The van der Waals surface area contributed by atoms with Gasteiger partial charge in [0.2, 0.25) is 0 Å². The Morgan fingerprint density at radius 2 is 2.11 bits per heavy atom. The van der Waals surface area contributed by atoms with Crippen LogP contribution in [0.3, 0.4) is 0 Å². The standard InChI is InChI=1S/C16H24N2O/c1-12-7-15(10-18(12)16-5-6-16)17-9-13-3-2-4-14(8-13)11-19/h2-4,8,12,15-17,19H,5-7,9-11H2,1H3. The maximum Gasteiger partial charge on any atom is 0.0681 e. The first-order valence-corrected chi connectivity index (χ1v) is 7.44. The number of aliphatic hydroxyl groups is 1. The zero-order valence-electron chi connectivity index (χ0n) is 11.7. The van der Waals surface area contributed by atoms with Crippen molar-refractivity contribution in [1.82, 2.24) is 10.2 Å². The van der Waals surface area contributed by atoms with Crippen LogP contribution in [-0.4, -0.2) is 34.7 Å². The minimum absolute atomic E-state index is 0.129. The van der Waals surface area contributed by atoms with Gasteiger partial charge in [0.15, 0.2) is 0 Å². The molecule has 1 aromatic rings. The summed E-state index contributed by atoms with van der Waals surface area (Å²) in [5, 5.41) is 12.8. The van der Waals surface area contributed by atoms with Gasteiger partial charge in [-0.05, 0) is 37.3 Å². The molecule has 1 aromatic carbocycles. The number of hydrogen-bond donors (Lipinski definition) is 2. The van der Waals surface area contributed by atoms with Crippen molar-refractivity contribution in [1.29, 1.82) is 0 Å². The summed E-state index contributed by atoms with van der Waals surface area (Å²) >= 11 is 0. The van der Waals surface area contributed by atoms with Gasteiger partial charge in [0.1, 0.15) is 0 Å². The van der Waals surface area contributed by atoms with Crippen molar-refractivity contribution >= 4 is 0 Å². The molecule has 2 atom stereocenters. The summed E-state index contributed by atoms with van der Waals surface area (Å²) in [6.45, 7) is 4.59. The van der Waals surface area contributed by atoms with Crippen LogP contribution >= 0.6 is 0 Å². The van der Waals surface area contributed by atoms with Crippen LogP contribution in [0, 0.1) is 0 Å². The Morgan fingerprint density at radius 3 is 2.84 bits per heavy atom. The maximum atomic E-state index is 9.15. The molecule has 1 saturated carbocycles. The fourth-order valence-corrected chi connectivity index (χ4v) is 3.22. The Morgan fingerprint density at radius 1 is 1.32 bits per heavy atom. The molecule has 0 radical (unpaired) electrons. The number of hydrogen-bond acceptors (Lipinski definition) is 3. The molecule has 0 aromatic heterocycles. The second kappa shape index (κ2) is 5.61. The fourth-order valence-electron chi connectivity index (χ4n) is 3.22. The van der Waals surface area contributed by atoms with Crippen LogP contribution < -0.4 is 5.32 Å². The van der Waals surface area contributed by atoms with Gasteiger partial charge < -0.3 is 10.4 Å². The third-order valence-electron chi connectivity index (χ3n) is 4.41. The second-order valence-corrected chi connectivity index (χ2v) is 6.07. The summed E-state index contributed by atoms with van der Waals surface area (Å²) in [6.07, 6.45) is 4.06. The molecule has 3 nitrogen and oxygen atoms in total. The minimum Gasteiger partial charge on any atom is -0.392 e. The Hall–Kier alpha value is -0.900. The van der Waals surface area contributed by atoms with Gasteiger partial charge in [-0.15, -0.1) is 0 Å². The third-order valence-corrected chi connectivity index (χ3v) is 4.41. The highest BCUT2D eigenvalue weighted by atomic mass is 16.3. The predicted octanol–water partition coefficient (Wildman–Crippen LogP) is 1.89. The largest absolute Gasteiger partial charge is 0.392 e. The molecule has 1 aliphatic carbocycles. The Labute approximate surface area is 115 Å². The fraction of sp³-hybridized carbons (Fsp3) is 0.625. The smallest absolute Gasteiger partial charge is 0.0681 e. The van der Waals surface area contributed by atoms with Crippen LogP contribution in [0.1, 0.15) is 37.3 Å². The van der Waals surface area contributed by atoms with E-state index in [4.69, 9.17) is 5.11 Å². The highest BCUT2D eigenvalue weighted by Crippen LogP contribution is 2.33. The summed E-state index contributed by atoms with van der Waals surface area (Å²) in [7, 11) is 0. The van der Waals surface area contributed by atoms with Crippen molar-refractivity contribution in [3.05, 3.63) is 35.4 Å². The van der Waals surface area contributed by atoms with Crippen molar-refractivity contribution in [2.75, 3.05) is 6.54 Å². The van der Waals surface area contributed by atoms with E-state index in [1.54, 1.807) is 0 Å². The minimum atomic E-state index is 0.129. The molecule has 104 valence electrons. The first-order valence-electron chi connectivity index (χ1n) is 7.44. The van der Waals surface area contributed by atoms with Crippen LogP contribution in [0.5, 0.6) is 0 Å². The van der Waals surface area contributed by atoms with E-state index in [0.29, 0.717) is 6.04 Å². The van der Waals surface area contributed by atoms with Crippen LogP contribution in [-0.2, 0) is 13.2 Å². The number of benzene rings is 1. The quantitative estimate of drug-likeness (QED) is 0.848. The van der Waals surface area contributed by atoms with Crippen molar-refractivity contribution < 1.29 is 5.11 Å². The van der Waals surface area contributed by atoms with Gasteiger partial charge in [-0.3, -0.25) is 4.90 Å². The lowest BCUT2D eigenvalue weighted by atomic mass is 10.1. The summed E-state index contributed by atoms with van der Waals surface area (Å²) in [4.78, 5) is 2.67. The molecule has 3 rings (SSSR count). The van der Waals surface area contributed by atoms with E-state index >= 15 is 0 Å². The number of rotatable bonds is 5. The number of nitrogens with zero attached hydrogens (tertiary/aromatic N) is 1. The zero-order chi connectivity index (χ0) is 13.2. The zero-order valence-corrected chi connectivity index (χ0v) is 11.7. The molecule has 0 amide bonds. The molecule has 19 heavy (non-hydrogen) atoms. The first-order chi connectivity index (χ1) is 9.26. The summed E-state index contributed by atoms with van der Waals surface area (Å²) in [6, 6.07) is 10.4. The lowest BCUT2D eigenvalue weighted by Gasteiger charge is -2.19. The molecule has 1 saturated heterocycles. The summed E-state index contributed by atoms with van der Waals surface area (Å²) in [5.41, 5.74) is 2.27. The molecule has 0 spiro atoms. The monoisotopic (exact) mass is 260 g/mol. The Bertz CT molecular complexity index is 431. The molecule has 1 aliphatic heterocycles. The number of nitrogens with one attached hydrogen (secondary N) is 1. The Balaban J connectivity index is 1.52. The molecular weight excluding hydrogens is 236 g/mol. The van der Waals surface area contributed by atoms with Gasteiger partial charge in [-0.25, -0.2) is 0 Å². The summed E-state index contributed by atoms with van der Waals surface area (Å²) in [5.74, 6) is 0. The molecule has 2 N–H and O–H groups in total. The van der Waals surface area contributed by atoms with Gasteiger partial charge in [-0.1, -0.05) is 24.3 Å². The molecule has 0 bridgehead atoms. The van der Waals surface area contributed by atoms with E-state index < -0.39 is 0 Å². The van der Waals surface area contributed by atoms with Gasteiger partial charge in [-0.2, -0.15) is 0 Å². The van der Waals surface area contributed by atoms with E-state index in [1.165, 1.54) is 31.4 Å². The van der Waals surface area contributed by atoms with E-state index in [1.807, 2.05) is 12.1 Å². The predicted molar refractivity (Wildman–Crippen MR) is 76.8 cm³/mol. The SMILES string of the molecule is CC1CC(NCc2cccc(CO)c2)CN1C1CC1. The maximum absolute atomic E-state index is 9.15. The van der Waals surface area contributed by atoms with Crippen molar-refractivity contribution in [3.63, 3.8) is 0 Å². The van der Waals surface area contributed by atoms with Gasteiger partial charge in [0, 0.05) is 31.2 Å². The number of likely N-dealkylation sites (tertiary alicyclic amines) is 1. The average molecular weight is 260 g/mol. The Kier molecular flexibility index (Phi) is 3.87. The van der Waals surface area contributed by atoms with E-state index in [0.717, 1.165) is 24.2 Å². The van der Waals surface area contributed by atoms with E-state index in [2.05, 4.69) is 29.3 Å². The molecule has 2 unspecified atom stereocenters. The summed E-state index contributed by atoms with van der Waals surface area (Å²) < 4.78 is 0.